The molecule has 1 N–H and O–H groups in total. The van der Waals surface area contributed by atoms with E-state index in [1.807, 2.05) is 13.8 Å². The standard InChI is InChI=1S/C19H26N4O6S/c1-14(2)28-11-3-8-20-17(24)19-22-21-18(29-19)15-4-6-16(7-5-15)30(25,26)23-9-12-27-13-10-23/h4-7,14H,3,8-13H2,1-2H3,(H,20,24). The Labute approximate surface area is 175 Å². The van der Waals surface area contributed by atoms with E-state index in [1.54, 1.807) is 12.1 Å². The summed E-state index contributed by atoms with van der Waals surface area (Å²) < 4.78 is 42.8. The van der Waals surface area contributed by atoms with Crippen molar-refractivity contribution in [2.75, 3.05) is 39.5 Å². The molecule has 1 amide bonds. The highest BCUT2D eigenvalue weighted by Crippen LogP contribution is 2.22. The van der Waals surface area contributed by atoms with Crippen molar-refractivity contribution < 1.29 is 27.1 Å². The summed E-state index contributed by atoms with van der Waals surface area (Å²) in [6, 6.07) is 6.12. The highest BCUT2D eigenvalue weighted by molar-refractivity contribution is 7.89. The van der Waals surface area contributed by atoms with Gasteiger partial charge < -0.3 is 19.2 Å². The van der Waals surface area contributed by atoms with E-state index in [0.29, 0.717) is 51.4 Å². The van der Waals surface area contributed by atoms with Gasteiger partial charge in [-0.3, -0.25) is 4.79 Å². The Hall–Kier alpha value is -2.34. The van der Waals surface area contributed by atoms with Gasteiger partial charge in [0.15, 0.2) is 0 Å². The smallest absolute Gasteiger partial charge is 0.308 e. The highest BCUT2D eigenvalue weighted by Gasteiger charge is 2.26. The van der Waals surface area contributed by atoms with Crippen LogP contribution in [0.3, 0.4) is 0 Å². The summed E-state index contributed by atoms with van der Waals surface area (Å²) in [7, 11) is -3.58. The third kappa shape index (κ3) is 5.63. The largest absolute Gasteiger partial charge is 0.412 e. The van der Waals surface area contributed by atoms with E-state index in [0.717, 1.165) is 0 Å². The molecule has 2 aromatic rings. The molecular weight excluding hydrogens is 412 g/mol. The second-order valence-electron chi connectivity index (χ2n) is 6.98. The zero-order chi connectivity index (χ0) is 21.6. The van der Waals surface area contributed by atoms with Crippen molar-refractivity contribution in [3.63, 3.8) is 0 Å². The fourth-order valence-electron chi connectivity index (χ4n) is 2.81. The Balaban J connectivity index is 1.59. The number of carbonyl (C=O) groups is 1. The molecule has 0 aliphatic carbocycles. The number of carbonyl (C=O) groups excluding carboxylic acids is 1. The maximum absolute atomic E-state index is 12.7. The van der Waals surface area contributed by atoms with E-state index in [9.17, 15) is 13.2 Å². The second-order valence-corrected chi connectivity index (χ2v) is 8.92. The Morgan fingerprint density at radius 3 is 2.57 bits per heavy atom. The number of hydrogen-bond donors (Lipinski definition) is 1. The molecule has 3 rings (SSSR count). The maximum Gasteiger partial charge on any atom is 0.308 e. The molecule has 1 fully saturated rings. The average molecular weight is 439 g/mol. The molecule has 1 aromatic heterocycles. The molecule has 0 bridgehead atoms. The fourth-order valence-corrected chi connectivity index (χ4v) is 4.21. The third-order valence-electron chi connectivity index (χ3n) is 4.39. The fraction of sp³-hybridized carbons (Fsp3) is 0.526. The first-order valence-corrected chi connectivity index (χ1v) is 11.2. The van der Waals surface area contributed by atoms with Crippen LogP contribution in [0, 0.1) is 0 Å². The van der Waals surface area contributed by atoms with Crippen molar-refractivity contribution >= 4 is 15.9 Å². The van der Waals surface area contributed by atoms with E-state index >= 15 is 0 Å². The number of amides is 1. The van der Waals surface area contributed by atoms with Crippen LogP contribution in [0.4, 0.5) is 0 Å². The lowest BCUT2D eigenvalue weighted by molar-refractivity contribution is 0.0730. The van der Waals surface area contributed by atoms with E-state index in [1.165, 1.54) is 16.4 Å². The van der Waals surface area contributed by atoms with Gasteiger partial charge >= 0.3 is 11.8 Å². The lowest BCUT2D eigenvalue weighted by Gasteiger charge is -2.26. The Morgan fingerprint density at radius 1 is 1.20 bits per heavy atom. The molecule has 0 unspecified atom stereocenters. The van der Waals surface area contributed by atoms with Crippen LogP contribution in [0.2, 0.25) is 0 Å². The number of benzene rings is 1. The topological polar surface area (TPSA) is 124 Å². The van der Waals surface area contributed by atoms with Gasteiger partial charge in [-0.25, -0.2) is 8.42 Å². The number of aromatic nitrogens is 2. The summed E-state index contributed by atoms with van der Waals surface area (Å²) in [4.78, 5) is 12.3. The second kappa shape index (κ2) is 10.1. The Bertz CT molecular complexity index is 936. The van der Waals surface area contributed by atoms with Crippen molar-refractivity contribution in [1.29, 1.82) is 0 Å². The normalized spacial score (nSPS) is 15.4. The van der Waals surface area contributed by atoms with Gasteiger partial charge in [0.1, 0.15) is 0 Å². The maximum atomic E-state index is 12.7. The molecule has 0 atom stereocenters. The third-order valence-corrected chi connectivity index (χ3v) is 6.30. The predicted octanol–water partition coefficient (Wildman–Crippen LogP) is 1.30. The van der Waals surface area contributed by atoms with Crippen LogP contribution in [-0.4, -0.2) is 74.4 Å². The van der Waals surface area contributed by atoms with E-state index in [2.05, 4.69) is 15.5 Å². The number of sulfonamides is 1. The van der Waals surface area contributed by atoms with E-state index < -0.39 is 15.9 Å². The Morgan fingerprint density at radius 2 is 1.90 bits per heavy atom. The zero-order valence-electron chi connectivity index (χ0n) is 17.0. The van der Waals surface area contributed by atoms with Gasteiger partial charge in [-0.05, 0) is 44.5 Å². The summed E-state index contributed by atoms with van der Waals surface area (Å²) >= 11 is 0. The van der Waals surface area contributed by atoms with E-state index in [4.69, 9.17) is 13.9 Å². The number of rotatable bonds is 9. The molecule has 2 heterocycles. The minimum atomic E-state index is -3.58. The molecule has 10 nitrogen and oxygen atoms in total. The lowest BCUT2D eigenvalue weighted by Crippen LogP contribution is -2.40. The number of hydrogen-bond acceptors (Lipinski definition) is 8. The van der Waals surface area contributed by atoms with Gasteiger partial charge in [0.05, 0.1) is 24.2 Å². The van der Waals surface area contributed by atoms with Gasteiger partial charge in [-0.1, -0.05) is 0 Å². The SMILES string of the molecule is CC(C)OCCCNC(=O)c1nnc(-c2ccc(S(=O)(=O)N3CCOCC3)cc2)o1. The summed E-state index contributed by atoms with van der Waals surface area (Å²) in [6.07, 6.45) is 0.818. The van der Waals surface area contributed by atoms with Crippen molar-refractivity contribution in [3.05, 3.63) is 30.2 Å². The van der Waals surface area contributed by atoms with Crippen molar-refractivity contribution in [3.8, 4) is 11.5 Å². The van der Waals surface area contributed by atoms with Crippen LogP contribution in [0.15, 0.2) is 33.6 Å². The minimum absolute atomic E-state index is 0.138. The van der Waals surface area contributed by atoms with Crippen LogP contribution in [-0.2, 0) is 19.5 Å². The molecule has 0 spiro atoms. The molecule has 1 aromatic carbocycles. The molecule has 0 saturated carbocycles. The first-order chi connectivity index (χ1) is 14.4. The van der Waals surface area contributed by atoms with Crippen molar-refractivity contribution in [1.82, 2.24) is 19.8 Å². The lowest BCUT2D eigenvalue weighted by atomic mass is 10.2. The van der Waals surface area contributed by atoms with Crippen molar-refractivity contribution in [2.24, 2.45) is 0 Å². The summed E-state index contributed by atoms with van der Waals surface area (Å²) in [5, 5.41) is 10.3. The summed E-state index contributed by atoms with van der Waals surface area (Å²) in [5.74, 6) is -0.483. The Kier molecular flexibility index (Phi) is 7.53. The van der Waals surface area contributed by atoms with Crippen LogP contribution in [0.25, 0.3) is 11.5 Å². The van der Waals surface area contributed by atoms with Gasteiger partial charge in [-0.2, -0.15) is 4.31 Å². The van der Waals surface area contributed by atoms with Gasteiger partial charge in [0, 0.05) is 31.8 Å². The van der Waals surface area contributed by atoms with Gasteiger partial charge in [0.2, 0.25) is 15.9 Å². The zero-order valence-corrected chi connectivity index (χ0v) is 17.9. The minimum Gasteiger partial charge on any atom is -0.412 e. The summed E-state index contributed by atoms with van der Waals surface area (Å²) in [6.45, 7) is 6.30. The molecule has 0 radical (unpaired) electrons. The molecule has 30 heavy (non-hydrogen) atoms. The summed E-state index contributed by atoms with van der Waals surface area (Å²) in [5.41, 5.74) is 0.521. The number of ether oxygens (including phenoxy) is 2. The number of nitrogens with zero attached hydrogens (tertiary/aromatic N) is 3. The number of morpholine rings is 1. The van der Waals surface area contributed by atoms with Crippen molar-refractivity contribution in [2.45, 2.75) is 31.3 Å². The molecule has 1 aliphatic heterocycles. The van der Waals surface area contributed by atoms with E-state index in [-0.39, 0.29) is 22.8 Å². The molecular formula is C19H26N4O6S. The van der Waals surface area contributed by atoms with Crippen LogP contribution in [0.5, 0.6) is 0 Å². The number of nitrogens with one attached hydrogen (secondary N) is 1. The molecule has 164 valence electrons. The van der Waals surface area contributed by atoms with Crippen LogP contribution in [0.1, 0.15) is 31.0 Å². The van der Waals surface area contributed by atoms with Crippen LogP contribution < -0.4 is 5.32 Å². The molecule has 11 heteroatoms. The first kappa shape index (κ1) is 22.3. The monoisotopic (exact) mass is 438 g/mol. The molecule has 1 aliphatic rings. The average Bonchev–Trinajstić information content (AvgIpc) is 3.24. The quantitative estimate of drug-likeness (QED) is 0.581. The molecule has 1 saturated heterocycles. The van der Waals surface area contributed by atoms with Gasteiger partial charge in [0.25, 0.3) is 0 Å². The van der Waals surface area contributed by atoms with Gasteiger partial charge in [-0.15, -0.1) is 10.2 Å². The highest BCUT2D eigenvalue weighted by atomic mass is 32.2. The van der Waals surface area contributed by atoms with Crippen LogP contribution >= 0.6 is 0 Å². The predicted molar refractivity (Wildman–Crippen MR) is 107 cm³/mol. The first-order valence-electron chi connectivity index (χ1n) is 9.79.